The van der Waals surface area contributed by atoms with Gasteiger partial charge in [0.05, 0.1) is 17.6 Å². The lowest BCUT2D eigenvalue weighted by atomic mass is 10.1. The third-order valence-corrected chi connectivity index (χ3v) is 3.57. The molecule has 0 fully saturated rings. The Hall–Kier alpha value is -0.570. The van der Waals surface area contributed by atoms with Crippen LogP contribution < -0.4 is 5.32 Å². The summed E-state index contributed by atoms with van der Waals surface area (Å²) in [5.74, 6) is 0. The zero-order valence-corrected chi connectivity index (χ0v) is 12.1. The van der Waals surface area contributed by atoms with Crippen molar-refractivity contribution in [1.82, 2.24) is 5.32 Å². The van der Waals surface area contributed by atoms with Gasteiger partial charge in [0.15, 0.2) is 0 Å². The number of nitrogens with one attached hydrogen (secondary N) is 1. The molecule has 2 unspecified atom stereocenters. The monoisotopic (exact) mass is 267 g/mol. The number of alkyl halides is 1. The number of ether oxygens (including phenoxy) is 1. The van der Waals surface area contributed by atoms with Gasteiger partial charge in [-0.3, -0.25) is 0 Å². The predicted octanol–water partition coefficient (Wildman–Crippen LogP) is 3.30. The van der Waals surface area contributed by atoms with Gasteiger partial charge in [0.25, 0.3) is 0 Å². The van der Waals surface area contributed by atoms with Crippen LogP contribution in [0.15, 0.2) is 24.3 Å². The van der Waals surface area contributed by atoms with Crippen molar-refractivity contribution in [3.05, 3.63) is 35.4 Å². The fourth-order valence-electron chi connectivity index (χ4n) is 2.36. The van der Waals surface area contributed by atoms with Crippen molar-refractivity contribution in [2.24, 2.45) is 0 Å². The van der Waals surface area contributed by atoms with E-state index in [-0.39, 0.29) is 17.0 Å². The minimum Gasteiger partial charge on any atom is -0.375 e. The van der Waals surface area contributed by atoms with E-state index in [9.17, 15) is 0 Å². The normalized spacial score (nSPS) is 23.1. The number of halogens is 1. The highest BCUT2D eigenvalue weighted by atomic mass is 35.5. The lowest BCUT2D eigenvalue weighted by Crippen LogP contribution is -2.31. The number of fused-ring (bicyclic) bond motifs is 1. The van der Waals surface area contributed by atoms with Crippen LogP contribution in [0.5, 0.6) is 0 Å². The molecule has 0 heterocycles. The zero-order valence-electron chi connectivity index (χ0n) is 11.4. The van der Waals surface area contributed by atoms with E-state index in [0.29, 0.717) is 6.61 Å². The molecule has 0 radical (unpaired) electrons. The Morgan fingerprint density at radius 1 is 1.33 bits per heavy atom. The second-order valence-corrected chi connectivity index (χ2v) is 6.37. The van der Waals surface area contributed by atoms with Gasteiger partial charge in [-0.05, 0) is 38.3 Å². The Bertz CT molecular complexity index is 400. The van der Waals surface area contributed by atoms with Crippen LogP contribution in [0.3, 0.4) is 0 Å². The molecule has 0 aliphatic heterocycles. The van der Waals surface area contributed by atoms with Gasteiger partial charge in [-0.1, -0.05) is 24.3 Å². The number of hydrogen-bond acceptors (Lipinski definition) is 2. The summed E-state index contributed by atoms with van der Waals surface area (Å²) in [7, 11) is 0. The van der Waals surface area contributed by atoms with Crippen LogP contribution in [0.2, 0.25) is 0 Å². The Balaban J connectivity index is 1.87. The molecule has 1 aromatic carbocycles. The summed E-state index contributed by atoms with van der Waals surface area (Å²) in [4.78, 5) is 0. The first-order valence-electron chi connectivity index (χ1n) is 6.56. The lowest BCUT2D eigenvalue weighted by molar-refractivity contribution is -0.00159. The lowest BCUT2D eigenvalue weighted by Gasteiger charge is -2.22. The Labute approximate surface area is 115 Å². The van der Waals surface area contributed by atoms with Gasteiger partial charge >= 0.3 is 0 Å². The quantitative estimate of drug-likeness (QED) is 0.668. The van der Waals surface area contributed by atoms with Gasteiger partial charge in [-0.15, -0.1) is 11.6 Å². The highest BCUT2D eigenvalue weighted by Crippen LogP contribution is 2.34. The molecule has 1 aliphatic rings. The van der Waals surface area contributed by atoms with Gasteiger partial charge in [-0.2, -0.15) is 0 Å². The summed E-state index contributed by atoms with van der Waals surface area (Å²) in [6.45, 7) is 7.76. The fourth-order valence-corrected chi connectivity index (χ4v) is 2.75. The molecule has 0 bridgehead atoms. The average molecular weight is 268 g/mol. The van der Waals surface area contributed by atoms with Crippen molar-refractivity contribution in [2.75, 3.05) is 13.2 Å². The van der Waals surface area contributed by atoms with Crippen LogP contribution >= 0.6 is 11.6 Å². The van der Waals surface area contributed by atoms with Crippen LogP contribution in [0.1, 0.15) is 37.9 Å². The number of benzene rings is 1. The molecule has 0 aromatic heterocycles. The highest BCUT2D eigenvalue weighted by molar-refractivity contribution is 6.21. The zero-order chi connectivity index (χ0) is 13.2. The molecular weight excluding hydrogens is 246 g/mol. The summed E-state index contributed by atoms with van der Waals surface area (Å²) in [5.41, 5.74) is 2.63. The maximum Gasteiger partial charge on any atom is 0.0599 e. The van der Waals surface area contributed by atoms with Crippen LogP contribution in [-0.4, -0.2) is 24.1 Å². The van der Waals surface area contributed by atoms with Crippen molar-refractivity contribution in [2.45, 2.75) is 44.2 Å². The van der Waals surface area contributed by atoms with Crippen LogP contribution in [0.4, 0.5) is 0 Å². The van der Waals surface area contributed by atoms with E-state index in [4.69, 9.17) is 16.3 Å². The maximum absolute atomic E-state index is 6.41. The molecule has 18 heavy (non-hydrogen) atoms. The van der Waals surface area contributed by atoms with Crippen LogP contribution in [0, 0.1) is 0 Å². The third kappa shape index (κ3) is 3.47. The van der Waals surface area contributed by atoms with Gasteiger partial charge in [-0.25, -0.2) is 0 Å². The summed E-state index contributed by atoms with van der Waals surface area (Å²) in [6, 6.07) is 8.74. The second-order valence-electron chi connectivity index (χ2n) is 5.81. The molecular formula is C15H22ClNO. The standard InChI is InChI=1S/C15H22ClNO/c1-15(2,3)18-9-8-17-14-12-7-5-4-6-11(12)10-13(14)16/h4-7,13-14,17H,8-10H2,1-3H3. The smallest absolute Gasteiger partial charge is 0.0599 e. The van der Waals surface area contributed by atoms with Crippen molar-refractivity contribution in [3.8, 4) is 0 Å². The third-order valence-electron chi connectivity index (χ3n) is 3.17. The van der Waals surface area contributed by atoms with Gasteiger partial charge < -0.3 is 10.1 Å². The van der Waals surface area contributed by atoms with Crippen LogP contribution in [0.25, 0.3) is 0 Å². The first kappa shape index (κ1) is 13.9. The summed E-state index contributed by atoms with van der Waals surface area (Å²) in [5, 5.41) is 3.65. The first-order valence-corrected chi connectivity index (χ1v) is 7.00. The van der Waals surface area contributed by atoms with Crippen molar-refractivity contribution in [1.29, 1.82) is 0 Å². The summed E-state index contributed by atoms with van der Waals surface area (Å²) >= 11 is 6.41. The van der Waals surface area contributed by atoms with E-state index in [1.807, 2.05) is 0 Å². The Morgan fingerprint density at radius 2 is 2.06 bits per heavy atom. The molecule has 1 N–H and O–H groups in total. The van der Waals surface area contributed by atoms with E-state index >= 15 is 0 Å². The molecule has 2 rings (SSSR count). The highest BCUT2D eigenvalue weighted by Gasteiger charge is 2.30. The predicted molar refractivity (Wildman–Crippen MR) is 76.2 cm³/mol. The van der Waals surface area contributed by atoms with E-state index in [0.717, 1.165) is 13.0 Å². The van der Waals surface area contributed by atoms with E-state index in [1.54, 1.807) is 0 Å². The summed E-state index contributed by atoms with van der Waals surface area (Å²) in [6.07, 6.45) is 0.954. The Kier molecular flexibility index (Phi) is 4.31. The summed E-state index contributed by atoms with van der Waals surface area (Å²) < 4.78 is 5.71. The maximum atomic E-state index is 6.41. The molecule has 3 heteroatoms. The minimum atomic E-state index is -0.0738. The topological polar surface area (TPSA) is 21.3 Å². The first-order chi connectivity index (χ1) is 8.47. The largest absolute Gasteiger partial charge is 0.375 e. The molecule has 0 saturated carbocycles. The van der Waals surface area contributed by atoms with E-state index < -0.39 is 0 Å². The molecule has 0 spiro atoms. The van der Waals surface area contributed by atoms with E-state index in [1.165, 1.54) is 11.1 Å². The van der Waals surface area contributed by atoms with E-state index in [2.05, 4.69) is 50.4 Å². The van der Waals surface area contributed by atoms with Crippen molar-refractivity contribution in [3.63, 3.8) is 0 Å². The molecule has 0 amide bonds. The molecule has 1 aromatic rings. The molecule has 100 valence electrons. The second kappa shape index (κ2) is 5.60. The average Bonchev–Trinajstić information content (AvgIpc) is 2.59. The molecule has 0 saturated heterocycles. The minimum absolute atomic E-state index is 0.0738. The van der Waals surface area contributed by atoms with Crippen molar-refractivity contribution >= 4 is 11.6 Å². The Morgan fingerprint density at radius 3 is 2.78 bits per heavy atom. The molecule has 2 atom stereocenters. The SMILES string of the molecule is CC(C)(C)OCCNC1c2ccccc2CC1Cl. The number of rotatable bonds is 4. The molecule has 2 nitrogen and oxygen atoms in total. The van der Waals surface area contributed by atoms with Crippen LogP contribution in [-0.2, 0) is 11.2 Å². The molecule has 1 aliphatic carbocycles. The van der Waals surface area contributed by atoms with Crippen molar-refractivity contribution < 1.29 is 4.74 Å². The fraction of sp³-hybridized carbons (Fsp3) is 0.600. The van der Waals surface area contributed by atoms with Gasteiger partial charge in [0, 0.05) is 12.6 Å². The van der Waals surface area contributed by atoms with Gasteiger partial charge in [0.2, 0.25) is 0 Å². The number of hydrogen-bond donors (Lipinski definition) is 1. The van der Waals surface area contributed by atoms with Gasteiger partial charge in [0.1, 0.15) is 0 Å².